The molecule has 0 aliphatic carbocycles. The fourth-order valence-electron chi connectivity index (χ4n) is 3.22. The monoisotopic (exact) mass is 446 g/mol. The number of carboxylic acids is 2. The van der Waals surface area contributed by atoms with Crippen molar-refractivity contribution in [1.29, 1.82) is 0 Å². The summed E-state index contributed by atoms with van der Waals surface area (Å²) in [6.07, 6.45) is 11.4. The van der Waals surface area contributed by atoms with Crippen molar-refractivity contribution in [2.24, 2.45) is 0 Å². The highest BCUT2D eigenvalue weighted by atomic mass is 16.7. The number of carbonyl (C=O) groups is 3. The van der Waals surface area contributed by atoms with Gasteiger partial charge in [-0.05, 0) is 37.0 Å². The Morgan fingerprint density at radius 3 is 2.34 bits per heavy atom. The van der Waals surface area contributed by atoms with Gasteiger partial charge in [0.25, 0.3) is 0 Å². The zero-order chi connectivity index (χ0) is 23.2. The van der Waals surface area contributed by atoms with Crippen LogP contribution in [0.5, 0.6) is 11.5 Å². The molecule has 1 aliphatic heterocycles. The number of carbonyl (C=O) groups excluding carboxylic acids is 1. The highest BCUT2D eigenvalue weighted by molar-refractivity contribution is 5.85. The summed E-state index contributed by atoms with van der Waals surface area (Å²) < 4.78 is 15.6. The number of rotatable bonds is 15. The molecular weight excluding hydrogens is 416 g/mol. The maximum absolute atomic E-state index is 11.9. The number of unbranched alkanes of at least 4 members (excludes halogenated alkanes) is 6. The summed E-state index contributed by atoms with van der Waals surface area (Å²) in [5.74, 6) is -1.27. The van der Waals surface area contributed by atoms with Crippen molar-refractivity contribution in [1.82, 2.24) is 0 Å². The van der Waals surface area contributed by atoms with Crippen LogP contribution in [0.25, 0.3) is 6.08 Å². The maximum Gasteiger partial charge on any atom is 0.345 e. The second-order valence-electron chi connectivity index (χ2n) is 7.50. The van der Waals surface area contributed by atoms with Crippen LogP contribution in [0.4, 0.5) is 0 Å². The van der Waals surface area contributed by atoms with E-state index in [1.165, 1.54) is 12.2 Å². The van der Waals surface area contributed by atoms with E-state index in [0.717, 1.165) is 37.7 Å². The van der Waals surface area contributed by atoms with Gasteiger partial charge in [-0.3, -0.25) is 4.79 Å². The molecule has 1 atom stereocenters. The number of esters is 1. The van der Waals surface area contributed by atoms with Crippen molar-refractivity contribution in [3.63, 3.8) is 0 Å². The normalized spacial score (nSPS) is 13.5. The summed E-state index contributed by atoms with van der Waals surface area (Å²) >= 11 is 0. The fraction of sp³-hybridized carbons (Fsp3) is 0.458. The van der Waals surface area contributed by atoms with Crippen LogP contribution < -0.4 is 9.47 Å². The lowest BCUT2D eigenvalue weighted by molar-refractivity contribution is -0.161. The third kappa shape index (κ3) is 9.68. The van der Waals surface area contributed by atoms with E-state index < -0.39 is 24.0 Å². The Balaban J connectivity index is 1.63. The molecule has 0 saturated carbocycles. The molecule has 174 valence electrons. The number of benzene rings is 1. The van der Waals surface area contributed by atoms with Crippen molar-refractivity contribution in [2.45, 2.75) is 63.9 Å². The first-order chi connectivity index (χ1) is 15.5. The Morgan fingerprint density at radius 2 is 1.62 bits per heavy atom. The van der Waals surface area contributed by atoms with Gasteiger partial charge >= 0.3 is 17.9 Å². The SMILES string of the molecule is O=C(O)CCCCCCCCCC(OC(=O)C=CC=Cc1ccc2c(c1)OCO2)C(=O)O. The van der Waals surface area contributed by atoms with Gasteiger partial charge in [0.2, 0.25) is 6.79 Å². The van der Waals surface area contributed by atoms with Crippen LogP contribution in [0.2, 0.25) is 0 Å². The van der Waals surface area contributed by atoms with Gasteiger partial charge in [-0.25, -0.2) is 9.59 Å². The second-order valence-corrected chi connectivity index (χ2v) is 7.50. The fourth-order valence-corrected chi connectivity index (χ4v) is 3.22. The number of allylic oxidation sites excluding steroid dienone is 2. The molecule has 2 rings (SSSR count). The molecule has 1 unspecified atom stereocenters. The third-order valence-corrected chi connectivity index (χ3v) is 4.92. The Labute approximate surface area is 187 Å². The largest absolute Gasteiger partial charge is 0.481 e. The summed E-state index contributed by atoms with van der Waals surface area (Å²) in [7, 11) is 0. The molecule has 8 heteroatoms. The van der Waals surface area contributed by atoms with E-state index >= 15 is 0 Å². The lowest BCUT2D eigenvalue weighted by Gasteiger charge is -2.12. The molecule has 1 aromatic rings. The van der Waals surface area contributed by atoms with E-state index in [4.69, 9.17) is 19.3 Å². The van der Waals surface area contributed by atoms with E-state index in [1.54, 1.807) is 18.2 Å². The van der Waals surface area contributed by atoms with Gasteiger partial charge < -0.3 is 24.4 Å². The van der Waals surface area contributed by atoms with Crippen molar-refractivity contribution in [3.05, 3.63) is 42.0 Å². The number of carboxylic acid groups (broad SMARTS) is 2. The maximum atomic E-state index is 11.9. The first kappa shape index (κ1) is 25.0. The molecule has 1 aromatic carbocycles. The molecule has 1 heterocycles. The second kappa shape index (κ2) is 13.9. The molecule has 0 saturated heterocycles. The van der Waals surface area contributed by atoms with E-state index in [9.17, 15) is 19.5 Å². The predicted octanol–water partition coefficient (Wildman–Crippen LogP) is 4.58. The number of aliphatic carboxylic acids is 2. The highest BCUT2D eigenvalue weighted by Crippen LogP contribution is 2.32. The molecule has 0 radical (unpaired) electrons. The molecule has 0 aromatic heterocycles. The number of hydrogen-bond donors (Lipinski definition) is 2. The number of ether oxygens (including phenoxy) is 3. The molecule has 1 aliphatic rings. The molecule has 0 spiro atoms. The highest BCUT2D eigenvalue weighted by Gasteiger charge is 2.20. The predicted molar refractivity (Wildman–Crippen MR) is 117 cm³/mol. The van der Waals surface area contributed by atoms with Gasteiger partial charge in [-0.1, -0.05) is 56.4 Å². The quantitative estimate of drug-likeness (QED) is 0.174. The molecule has 32 heavy (non-hydrogen) atoms. The summed E-state index contributed by atoms with van der Waals surface area (Å²) in [6.45, 7) is 0.202. The van der Waals surface area contributed by atoms with Gasteiger partial charge in [-0.2, -0.15) is 0 Å². The van der Waals surface area contributed by atoms with Crippen molar-refractivity contribution < 1.29 is 38.8 Å². The zero-order valence-corrected chi connectivity index (χ0v) is 18.0. The molecule has 0 amide bonds. The lowest BCUT2D eigenvalue weighted by Crippen LogP contribution is -2.26. The van der Waals surface area contributed by atoms with Crippen molar-refractivity contribution >= 4 is 24.0 Å². The van der Waals surface area contributed by atoms with Crippen LogP contribution in [0.1, 0.15) is 63.4 Å². The van der Waals surface area contributed by atoms with Crippen LogP contribution in [0, 0.1) is 0 Å². The number of hydrogen-bond acceptors (Lipinski definition) is 6. The smallest absolute Gasteiger partial charge is 0.345 e. The summed E-state index contributed by atoms with van der Waals surface area (Å²) in [5, 5.41) is 17.9. The van der Waals surface area contributed by atoms with Crippen LogP contribution in [-0.4, -0.2) is 41.0 Å². The zero-order valence-electron chi connectivity index (χ0n) is 18.0. The van der Waals surface area contributed by atoms with E-state index in [1.807, 2.05) is 12.1 Å². The average molecular weight is 446 g/mol. The molecule has 0 fully saturated rings. The molecule has 8 nitrogen and oxygen atoms in total. The minimum absolute atomic E-state index is 0.202. The molecule has 0 bridgehead atoms. The van der Waals surface area contributed by atoms with Gasteiger partial charge in [0.1, 0.15) is 0 Å². The van der Waals surface area contributed by atoms with Crippen LogP contribution in [0.3, 0.4) is 0 Å². The molecular formula is C24H30O8. The molecule has 2 N–H and O–H groups in total. The van der Waals surface area contributed by atoms with Gasteiger partial charge in [-0.15, -0.1) is 0 Å². The lowest BCUT2D eigenvalue weighted by atomic mass is 10.1. The van der Waals surface area contributed by atoms with Crippen molar-refractivity contribution in [2.75, 3.05) is 6.79 Å². The van der Waals surface area contributed by atoms with Gasteiger partial charge in [0.05, 0.1) is 0 Å². The van der Waals surface area contributed by atoms with E-state index in [0.29, 0.717) is 24.3 Å². The van der Waals surface area contributed by atoms with E-state index in [-0.39, 0.29) is 19.6 Å². The Hall–Kier alpha value is -3.29. The van der Waals surface area contributed by atoms with Crippen LogP contribution in [0.15, 0.2) is 36.4 Å². The number of fused-ring (bicyclic) bond motifs is 1. The Kier molecular flexibility index (Phi) is 10.8. The van der Waals surface area contributed by atoms with E-state index in [2.05, 4.69) is 0 Å². The standard InChI is InChI=1S/C24H30O8/c25-22(26)12-7-5-3-1-2-4-6-11-20(24(28)29)32-23(27)13-9-8-10-18-14-15-19-21(16-18)31-17-30-19/h8-10,13-16,20H,1-7,11-12,17H2,(H,25,26)(H,28,29). The van der Waals surface area contributed by atoms with Crippen LogP contribution in [-0.2, 0) is 19.1 Å². The Bertz CT molecular complexity index is 827. The van der Waals surface area contributed by atoms with Gasteiger partial charge in [0, 0.05) is 12.5 Å². The summed E-state index contributed by atoms with van der Waals surface area (Å²) in [4.78, 5) is 33.7. The van der Waals surface area contributed by atoms with Crippen LogP contribution >= 0.6 is 0 Å². The summed E-state index contributed by atoms with van der Waals surface area (Å²) in [6, 6.07) is 5.48. The first-order valence-corrected chi connectivity index (χ1v) is 10.9. The summed E-state index contributed by atoms with van der Waals surface area (Å²) in [5.41, 5.74) is 0.873. The third-order valence-electron chi connectivity index (χ3n) is 4.92. The minimum Gasteiger partial charge on any atom is -0.481 e. The first-order valence-electron chi connectivity index (χ1n) is 10.9. The minimum atomic E-state index is -1.17. The van der Waals surface area contributed by atoms with Gasteiger partial charge in [0.15, 0.2) is 17.6 Å². The topological polar surface area (TPSA) is 119 Å². The average Bonchev–Trinajstić information content (AvgIpc) is 3.22. The van der Waals surface area contributed by atoms with Crippen molar-refractivity contribution in [3.8, 4) is 11.5 Å². The Morgan fingerprint density at radius 1 is 0.938 bits per heavy atom.